The molecular formula is C24H18Cl2N4O. The number of nitrogen functional groups attached to an aromatic ring is 1. The quantitative estimate of drug-likeness (QED) is 0.483. The molecule has 0 spiro atoms. The van der Waals surface area contributed by atoms with E-state index in [9.17, 15) is 0 Å². The van der Waals surface area contributed by atoms with Gasteiger partial charge in [0.2, 0.25) is 0 Å². The van der Waals surface area contributed by atoms with Crippen LogP contribution in [-0.4, -0.2) is 9.97 Å². The zero-order valence-electron chi connectivity index (χ0n) is 16.4. The minimum atomic E-state index is 0.187. The Morgan fingerprint density at radius 3 is 2.74 bits per heavy atom. The number of furan rings is 1. The molecule has 31 heavy (non-hydrogen) atoms. The van der Waals surface area contributed by atoms with E-state index in [-0.39, 0.29) is 6.54 Å². The van der Waals surface area contributed by atoms with Crippen molar-refractivity contribution in [2.75, 3.05) is 5.73 Å². The van der Waals surface area contributed by atoms with Crippen LogP contribution in [0.25, 0.3) is 45.8 Å². The second kappa shape index (κ2) is 7.85. The second-order valence-electron chi connectivity index (χ2n) is 7.21. The molecule has 5 nitrogen and oxygen atoms in total. The standard InChI is InChI=1S/C24H18Cl2N4O/c25-14-7-8-16(19(26)11-14)22-18(12-27)23(28)30-24(29-22)13-6-9-21-17(10-13)15-4-2-1-3-5-20(15)31-21/h1,3-11H,2,12,27H2,(H2,28,29,30). The zero-order valence-corrected chi connectivity index (χ0v) is 17.9. The van der Waals surface area contributed by atoms with Gasteiger partial charge in [0.25, 0.3) is 0 Å². The molecule has 7 heteroatoms. The fourth-order valence-electron chi connectivity index (χ4n) is 3.76. The average Bonchev–Trinajstić information content (AvgIpc) is 2.93. The number of benzene rings is 2. The summed E-state index contributed by atoms with van der Waals surface area (Å²) in [5, 5.41) is 3.08. The van der Waals surface area contributed by atoms with Crippen molar-refractivity contribution in [2.45, 2.75) is 13.0 Å². The molecular weight excluding hydrogens is 431 g/mol. The molecule has 0 bridgehead atoms. The van der Waals surface area contributed by atoms with E-state index < -0.39 is 0 Å². The molecule has 4 aromatic rings. The van der Waals surface area contributed by atoms with Crippen molar-refractivity contribution in [3.8, 4) is 22.6 Å². The number of hydrogen-bond donors (Lipinski definition) is 2. The van der Waals surface area contributed by atoms with Crippen LogP contribution in [0, 0.1) is 0 Å². The highest BCUT2D eigenvalue weighted by atomic mass is 35.5. The van der Waals surface area contributed by atoms with E-state index in [1.54, 1.807) is 12.1 Å². The van der Waals surface area contributed by atoms with E-state index in [1.807, 2.05) is 36.4 Å². The van der Waals surface area contributed by atoms with E-state index in [4.69, 9.17) is 44.1 Å². The van der Waals surface area contributed by atoms with Gasteiger partial charge in [0.15, 0.2) is 5.82 Å². The zero-order chi connectivity index (χ0) is 21.5. The van der Waals surface area contributed by atoms with Gasteiger partial charge in [-0.05, 0) is 48.9 Å². The first kappa shape index (κ1) is 19.8. The van der Waals surface area contributed by atoms with Gasteiger partial charge in [-0.1, -0.05) is 41.4 Å². The summed E-state index contributed by atoms with van der Waals surface area (Å²) < 4.78 is 5.99. The van der Waals surface area contributed by atoms with E-state index >= 15 is 0 Å². The number of anilines is 1. The summed E-state index contributed by atoms with van der Waals surface area (Å²) in [6.45, 7) is 0.187. The van der Waals surface area contributed by atoms with Crippen LogP contribution >= 0.6 is 23.2 Å². The van der Waals surface area contributed by atoms with Crippen LogP contribution in [0.4, 0.5) is 5.82 Å². The van der Waals surface area contributed by atoms with E-state index in [0.717, 1.165) is 33.6 Å². The van der Waals surface area contributed by atoms with Crippen molar-refractivity contribution >= 4 is 52.1 Å². The van der Waals surface area contributed by atoms with Crippen LogP contribution in [0.3, 0.4) is 0 Å². The smallest absolute Gasteiger partial charge is 0.162 e. The monoisotopic (exact) mass is 448 g/mol. The third-order valence-corrected chi connectivity index (χ3v) is 5.83. The van der Waals surface area contributed by atoms with E-state index in [2.05, 4.69) is 17.1 Å². The molecule has 5 rings (SSSR count). The first-order valence-corrected chi connectivity index (χ1v) is 10.5. The summed E-state index contributed by atoms with van der Waals surface area (Å²) in [5.41, 5.74) is 16.6. The molecule has 154 valence electrons. The maximum Gasteiger partial charge on any atom is 0.162 e. The molecule has 0 saturated carbocycles. The summed E-state index contributed by atoms with van der Waals surface area (Å²) in [7, 11) is 0. The second-order valence-corrected chi connectivity index (χ2v) is 8.06. The minimum Gasteiger partial charge on any atom is -0.456 e. The van der Waals surface area contributed by atoms with Gasteiger partial charge in [0.1, 0.15) is 16.8 Å². The molecule has 1 aliphatic carbocycles. The van der Waals surface area contributed by atoms with Gasteiger partial charge < -0.3 is 15.9 Å². The highest BCUT2D eigenvalue weighted by molar-refractivity contribution is 6.36. The molecule has 1 aliphatic rings. The van der Waals surface area contributed by atoms with Crippen LogP contribution in [-0.2, 0) is 6.54 Å². The number of nitrogens with zero attached hydrogens (tertiary/aromatic N) is 2. The lowest BCUT2D eigenvalue weighted by Gasteiger charge is -2.13. The molecule has 2 aromatic carbocycles. The van der Waals surface area contributed by atoms with Crippen LogP contribution in [0.2, 0.25) is 10.0 Å². The Morgan fingerprint density at radius 2 is 1.94 bits per heavy atom. The van der Waals surface area contributed by atoms with Crippen LogP contribution in [0.1, 0.15) is 12.0 Å². The largest absolute Gasteiger partial charge is 0.456 e. The van der Waals surface area contributed by atoms with Crippen LogP contribution in [0.15, 0.2) is 53.0 Å². The number of aromatic nitrogens is 2. The number of allylic oxidation sites excluding steroid dienone is 2. The normalized spacial score (nSPS) is 12.9. The van der Waals surface area contributed by atoms with Crippen LogP contribution in [0.5, 0.6) is 0 Å². The first-order chi connectivity index (χ1) is 15.0. The lowest BCUT2D eigenvalue weighted by atomic mass is 10.0. The summed E-state index contributed by atoms with van der Waals surface area (Å²) in [4.78, 5) is 9.32. The first-order valence-electron chi connectivity index (χ1n) is 9.77. The van der Waals surface area contributed by atoms with Gasteiger partial charge in [-0.15, -0.1) is 0 Å². The molecule has 2 aromatic heterocycles. The lowest BCUT2D eigenvalue weighted by Crippen LogP contribution is -2.18. The van der Waals surface area contributed by atoms with Gasteiger partial charge in [-0.2, -0.15) is 0 Å². The van der Waals surface area contributed by atoms with Gasteiger partial charge in [0.05, 0.1) is 10.7 Å². The van der Waals surface area contributed by atoms with Crippen molar-refractivity contribution < 1.29 is 4.42 Å². The fraction of sp³-hybridized carbons (Fsp3) is 0.0833. The molecule has 2 heterocycles. The van der Waals surface area contributed by atoms with Gasteiger partial charge >= 0.3 is 0 Å². The number of fused-ring (bicyclic) bond motifs is 3. The molecule has 0 amide bonds. The molecule has 4 N–H and O–H groups in total. The SMILES string of the molecule is NCc1c(N)nc(-c2ccc3oc4c(c3c2)=CCC=CC=4)nc1-c1ccc(Cl)cc1Cl. The Kier molecular flexibility index (Phi) is 5.02. The average molecular weight is 449 g/mol. The molecule has 0 unspecified atom stereocenters. The molecule has 0 atom stereocenters. The fourth-order valence-corrected chi connectivity index (χ4v) is 4.26. The topological polar surface area (TPSA) is 91.0 Å². The molecule has 0 radical (unpaired) electrons. The van der Waals surface area contributed by atoms with Crippen molar-refractivity contribution in [1.82, 2.24) is 9.97 Å². The minimum absolute atomic E-state index is 0.187. The number of hydrogen-bond acceptors (Lipinski definition) is 5. The van der Waals surface area contributed by atoms with E-state index in [1.165, 1.54) is 0 Å². The third-order valence-electron chi connectivity index (χ3n) is 5.28. The Balaban J connectivity index is 1.73. The summed E-state index contributed by atoms with van der Waals surface area (Å²) in [6, 6.07) is 11.1. The number of rotatable bonds is 3. The molecule has 0 saturated heterocycles. The van der Waals surface area contributed by atoms with Crippen molar-refractivity contribution in [2.24, 2.45) is 5.73 Å². The third kappa shape index (κ3) is 3.51. The molecule has 0 aliphatic heterocycles. The van der Waals surface area contributed by atoms with E-state index in [0.29, 0.717) is 38.5 Å². The van der Waals surface area contributed by atoms with Crippen molar-refractivity contribution in [3.63, 3.8) is 0 Å². The predicted octanol–water partition coefficient (Wildman–Crippen LogP) is 4.43. The van der Waals surface area contributed by atoms with Gasteiger partial charge in [0, 0.05) is 38.9 Å². The summed E-state index contributed by atoms with van der Waals surface area (Å²) in [5.74, 6) is 0.812. The Labute approximate surface area is 188 Å². The highest BCUT2D eigenvalue weighted by Gasteiger charge is 2.17. The Morgan fingerprint density at radius 1 is 1.06 bits per heavy atom. The van der Waals surface area contributed by atoms with Crippen molar-refractivity contribution in [3.05, 3.63) is 74.8 Å². The van der Waals surface area contributed by atoms with Gasteiger partial charge in [-0.3, -0.25) is 0 Å². The number of nitrogens with two attached hydrogens (primary N) is 2. The number of halogens is 2. The Bertz CT molecular complexity index is 1490. The molecule has 0 fully saturated rings. The van der Waals surface area contributed by atoms with Crippen LogP contribution < -0.4 is 22.1 Å². The lowest BCUT2D eigenvalue weighted by molar-refractivity contribution is 0.576. The Hall–Kier alpha value is -3.12. The summed E-state index contributed by atoms with van der Waals surface area (Å²) >= 11 is 12.5. The summed E-state index contributed by atoms with van der Waals surface area (Å²) in [6.07, 6.45) is 9.06. The van der Waals surface area contributed by atoms with Crippen molar-refractivity contribution in [1.29, 1.82) is 0 Å². The van der Waals surface area contributed by atoms with Gasteiger partial charge in [-0.25, -0.2) is 9.97 Å². The maximum absolute atomic E-state index is 6.45. The predicted molar refractivity (Wildman–Crippen MR) is 127 cm³/mol. The highest BCUT2D eigenvalue weighted by Crippen LogP contribution is 2.34. The maximum atomic E-state index is 6.45.